The maximum atomic E-state index is 13.0. The molecule has 8 heteroatoms. The van der Waals surface area contributed by atoms with Gasteiger partial charge in [-0.2, -0.15) is 0 Å². The summed E-state index contributed by atoms with van der Waals surface area (Å²) in [5, 5.41) is 5.51. The first-order chi connectivity index (χ1) is 12.6. The largest absolute Gasteiger partial charge is 0.359 e. The quantitative estimate of drug-likeness (QED) is 0.818. The van der Waals surface area contributed by atoms with Gasteiger partial charge in [-0.1, -0.05) is 0 Å². The number of hydrogen-bond acceptors (Lipinski definition) is 5. The standard InChI is InChI=1S/C18H20FN5O2/c1-20-17(25)14-10-24(9-12-4-6-21-7-5-12)11-16(14)23-18(26)15-3-2-13(19)8-22-15/h2-8,14,16H,9-11H2,1H3,(H,20,25)(H,23,26)/t14-,16-/m0/s1. The monoisotopic (exact) mass is 357 g/mol. The third kappa shape index (κ3) is 4.20. The van der Waals surface area contributed by atoms with E-state index in [1.54, 1.807) is 19.4 Å². The first kappa shape index (κ1) is 17.9. The fourth-order valence-electron chi connectivity index (χ4n) is 3.11. The molecule has 2 atom stereocenters. The molecule has 1 aliphatic heterocycles. The van der Waals surface area contributed by atoms with E-state index in [1.807, 2.05) is 12.1 Å². The molecule has 1 saturated heterocycles. The van der Waals surface area contributed by atoms with Crippen LogP contribution in [0.15, 0.2) is 42.9 Å². The van der Waals surface area contributed by atoms with Gasteiger partial charge in [0.15, 0.2) is 0 Å². The van der Waals surface area contributed by atoms with Crippen LogP contribution in [0, 0.1) is 11.7 Å². The highest BCUT2D eigenvalue weighted by Crippen LogP contribution is 2.20. The van der Waals surface area contributed by atoms with Gasteiger partial charge in [0.1, 0.15) is 11.5 Å². The summed E-state index contributed by atoms with van der Waals surface area (Å²) in [4.78, 5) is 34.5. The molecule has 1 aliphatic rings. The van der Waals surface area contributed by atoms with Crippen LogP contribution in [0.5, 0.6) is 0 Å². The van der Waals surface area contributed by atoms with Gasteiger partial charge in [0.25, 0.3) is 5.91 Å². The van der Waals surface area contributed by atoms with Gasteiger partial charge in [-0.15, -0.1) is 0 Å². The molecule has 2 N–H and O–H groups in total. The van der Waals surface area contributed by atoms with Crippen molar-refractivity contribution in [1.82, 2.24) is 25.5 Å². The van der Waals surface area contributed by atoms with Crippen LogP contribution >= 0.6 is 0 Å². The van der Waals surface area contributed by atoms with Crippen molar-refractivity contribution in [2.45, 2.75) is 12.6 Å². The molecule has 0 unspecified atom stereocenters. The summed E-state index contributed by atoms with van der Waals surface area (Å²) in [7, 11) is 1.58. The van der Waals surface area contributed by atoms with Gasteiger partial charge in [-0.3, -0.25) is 19.5 Å². The number of nitrogens with one attached hydrogen (secondary N) is 2. The molecule has 136 valence electrons. The fraction of sp³-hybridized carbons (Fsp3) is 0.333. The van der Waals surface area contributed by atoms with E-state index in [9.17, 15) is 14.0 Å². The lowest BCUT2D eigenvalue weighted by atomic mass is 10.0. The van der Waals surface area contributed by atoms with Crippen LogP contribution in [0.4, 0.5) is 4.39 Å². The van der Waals surface area contributed by atoms with Gasteiger partial charge in [-0.05, 0) is 29.8 Å². The molecule has 1 fully saturated rings. The average Bonchev–Trinajstić information content (AvgIpc) is 3.04. The number of carbonyl (C=O) groups is 2. The predicted octanol–water partition coefficient (Wildman–Crippen LogP) is 0.592. The topological polar surface area (TPSA) is 87.2 Å². The minimum Gasteiger partial charge on any atom is -0.359 e. The van der Waals surface area contributed by atoms with E-state index in [-0.39, 0.29) is 23.6 Å². The molecule has 0 bridgehead atoms. The normalized spacial score (nSPS) is 19.9. The first-order valence-corrected chi connectivity index (χ1v) is 8.32. The fourth-order valence-corrected chi connectivity index (χ4v) is 3.11. The van der Waals surface area contributed by atoms with Crippen LogP contribution in [0.1, 0.15) is 16.1 Å². The lowest BCUT2D eigenvalue weighted by Gasteiger charge is -2.18. The van der Waals surface area contributed by atoms with Crippen LogP contribution in [-0.2, 0) is 11.3 Å². The molecule has 26 heavy (non-hydrogen) atoms. The van der Waals surface area contributed by atoms with Gasteiger partial charge >= 0.3 is 0 Å². The van der Waals surface area contributed by atoms with Crippen molar-refractivity contribution < 1.29 is 14.0 Å². The van der Waals surface area contributed by atoms with Crippen molar-refractivity contribution in [3.63, 3.8) is 0 Å². The van der Waals surface area contributed by atoms with Gasteiger partial charge in [0.2, 0.25) is 5.91 Å². The van der Waals surface area contributed by atoms with Gasteiger partial charge < -0.3 is 10.6 Å². The molecule has 2 aromatic rings. The van der Waals surface area contributed by atoms with Gasteiger partial charge in [0, 0.05) is 39.1 Å². The highest BCUT2D eigenvalue weighted by atomic mass is 19.1. The zero-order valence-corrected chi connectivity index (χ0v) is 14.4. The highest BCUT2D eigenvalue weighted by molar-refractivity contribution is 5.93. The summed E-state index contributed by atoms with van der Waals surface area (Å²) in [6.45, 7) is 1.73. The molecule has 2 aromatic heterocycles. The van der Waals surface area contributed by atoms with Crippen LogP contribution < -0.4 is 10.6 Å². The Kier molecular flexibility index (Phi) is 5.52. The summed E-state index contributed by atoms with van der Waals surface area (Å²) in [5.41, 5.74) is 1.21. The Balaban J connectivity index is 1.69. The summed E-state index contributed by atoms with van der Waals surface area (Å²) < 4.78 is 13.0. The molecule has 3 heterocycles. The summed E-state index contributed by atoms with van der Waals surface area (Å²) >= 11 is 0. The van der Waals surface area contributed by atoms with E-state index in [0.29, 0.717) is 19.6 Å². The molecule has 0 spiro atoms. The van der Waals surface area contributed by atoms with E-state index >= 15 is 0 Å². The maximum Gasteiger partial charge on any atom is 0.270 e. The Labute approximate surface area is 150 Å². The Bertz CT molecular complexity index is 769. The van der Waals surface area contributed by atoms with Crippen LogP contribution in [-0.4, -0.2) is 52.9 Å². The van der Waals surface area contributed by atoms with E-state index in [2.05, 4.69) is 25.5 Å². The second kappa shape index (κ2) is 8.01. The molecule has 2 amide bonds. The zero-order valence-electron chi connectivity index (χ0n) is 14.4. The van der Waals surface area contributed by atoms with E-state index in [4.69, 9.17) is 0 Å². The predicted molar refractivity (Wildman–Crippen MR) is 92.5 cm³/mol. The van der Waals surface area contributed by atoms with Gasteiger partial charge in [0.05, 0.1) is 18.2 Å². The van der Waals surface area contributed by atoms with E-state index in [1.165, 1.54) is 12.1 Å². The number of aromatic nitrogens is 2. The number of carbonyl (C=O) groups excluding carboxylic acids is 2. The molecule has 7 nitrogen and oxygen atoms in total. The van der Waals surface area contributed by atoms with Crippen molar-refractivity contribution in [3.8, 4) is 0 Å². The second-order valence-electron chi connectivity index (χ2n) is 6.21. The number of hydrogen-bond donors (Lipinski definition) is 2. The van der Waals surface area contributed by atoms with E-state index in [0.717, 1.165) is 11.8 Å². The van der Waals surface area contributed by atoms with Gasteiger partial charge in [-0.25, -0.2) is 9.37 Å². The third-order valence-corrected chi connectivity index (χ3v) is 4.41. The highest BCUT2D eigenvalue weighted by Gasteiger charge is 2.38. The van der Waals surface area contributed by atoms with Crippen molar-refractivity contribution in [1.29, 1.82) is 0 Å². The zero-order chi connectivity index (χ0) is 18.5. The number of nitrogens with zero attached hydrogens (tertiary/aromatic N) is 3. The van der Waals surface area contributed by atoms with Crippen molar-refractivity contribution >= 4 is 11.8 Å². The number of rotatable bonds is 5. The number of halogens is 1. The first-order valence-electron chi connectivity index (χ1n) is 8.32. The van der Waals surface area contributed by atoms with E-state index < -0.39 is 11.7 Å². The van der Waals surface area contributed by atoms with Crippen molar-refractivity contribution in [2.24, 2.45) is 5.92 Å². The summed E-state index contributed by atoms with van der Waals surface area (Å²) in [6, 6.07) is 5.99. The molecular weight excluding hydrogens is 337 g/mol. The lowest BCUT2D eigenvalue weighted by molar-refractivity contribution is -0.124. The van der Waals surface area contributed by atoms with Crippen molar-refractivity contribution in [2.75, 3.05) is 20.1 Å². The molecule has 0 saturated carbocycles. The Morgan fingerprint density at radius 3 is 2.65 bits per heavy atom. The van der Waals surface area contributed by atoms with Crippen LogP contribution in [0.25, 0.3) is 0 Å². The second-order valence-corrected chi connectivity index (χ2v) is 6.21. The molecule has 3 rings (SSSR count). The minimum absolute atomic E-state index is 0.120. The molecule has 0 aromatic carbocycles. The van der Waals surface area contributed by atoms with Crippen LogP contribution in [0.3, 0.4) is 0 Å². The molecular formula is C18H20FN5O2. The number of likely N-dealkylation sites (tertiary alicyclic amines) is 1. The Hall–Kier alpha value is -2.87. The SMILES string of the molecule is CNC(=O)[C@H]1CN(Cc2ccncc2)C[C@@H]1NC(=O)c1ccc(F)cn1. The lowest BCUT2D eigenvalue weighted by Crippen LogP contribution is -2.45. The van der Waals surface area contributed by atoms with Crippen molar-refractivity contribution in [3.05, 3.63) is 59.9 Å². The summed E-state index contributed by atoms with van der Waals surface area (Å²) in [6.07, 6.45) is 4.44. The minimum atomic E-state index is -0.505. The third-order valence-electron chi connectivity index (χ3n) is 4.41. The average molecular weight is 357 g/mol. The molecule has 0 aliphatic carbocycles. The molecule has 0 radical (unpaired) electrons. The number of amides is 2. The Morgan fingerprint density at radius 1 is 1.23 bits per heavy atom. The Morgan fingerprint density at radius 2 is 2.00 bits per heavy atom. The number of pyridine rings is 2. The maximum absolute atomic E-state index is 13.0. The smallest absolute Gasteiger partial charge is 0.270 e. The van der Waals surface area contributed by atoms with Crippen LogP contribution in [0.2, 0.25) is 0 Å². The summed E-state index contributed by atoms with van der Waals surface area (Å²) in [5.74, 6) is -1.42.